The van der Waals surface area contributed by atoms with E-state index in [0.29, 0.717) is 5.92 Å². The number of nitrogens with two attached hydrogens (primary N) is 2. The van der Waals surface area contributed by atoms with Crippen molar-refractivity contribution in [2.24, 2.45) is 17.4 Å². The van der Waals surface area contributed by atoms with Gasteiger partial charge in [0.1, 0.15) is 0 Å². The van der Waals surface area contributed by atoms with Gasteiger partial charge in [0.05, 0.1) is 6.17 Å². The number of nitrogens with one attached hydrogen (secondary N) is 1. The molecule has 0 aliphatic heterocycles. The van der Waals surface area contributed by atoms with Crippen molar-refractivity contribution >= 4 is 0 Å². The molecule has 0 saturated carbocycles. The molecule has 0 aliphatic carbocycles. The summed E-state index contributed by atoms with van der Waals surface area (Å²) in [6.45, 7) is 8.82. The van der Waals surface area contributed by atoms with Crippen LogP contribution >= 0.6 is 0 Å². The van der Waals surface area contributed by atoms with Gasteiger partial charge in [-0.25, -0.2) is 0 Å². The molecule has 84 valence electrons. The summed E-state index contributed by atoms with van der Waals surface area (Å²) >= 11 is 0. The van der Waals surface area contributed by atoms with Crippen LogP contribution in [0.3, 0.4) is 0 Å². The second-order valence-corrected chi connectivity index (χ2v) is 3.87. The van der Waals surface area contributed by atoms with Gasteiger partial charge in [-0.2, -0.15) is 0 Å². The van der Waals surface area contributed by atoms with Crippen LogP contribution in [0, 0.1) is 5.92 Å². The van der Waals surface area contributed by atoms with E-state index < -0.39 is 0 Å². The Morgan fingerprint density at radius 3 is 2.50 bits per heavy atom. The summed E-state index contributed by atoms with van der Waals surface area (Å²) in [5, 5.41) is 3.19. The van der Waals surface area contributed by atoms with E-state index in [1.54, 1.807) is 0 Å². The highest BCUT2D eigenvalue weighted by atomic mass is 15.0. The van der Waals surface area contributed by atoms with Gasteiger partial charge >= 0.3 is 0 Å². The Labute approximate surface area is 87.9 Å². The number of hydrogen-bond acceptors (Lipinski definition) is 3. The van der Waals surface area contributed by atoms with Crippen LogP contribution in [-0.2, 0) is 0 Å². The fourth-order valence-electron chi connectivity index (χ4n) is 1.56. The van der Waals surface area contributed by atoms with Crippen molar-refractivity contribution in [1.29, 1.82) is 0 Å². The van der Waals surface area contributed by atoms with E-state index in [9.17, 15) is 0 Å². The van der Waals surface area contributed by atoms with Gasteiger partial charge in [0.15, 0.2) is 0 Å². The molecule has 0 aliphatic rings. The summed E-state index contributed by atoms with van der Waals surface area (Å²) in [6, 6.07) is 0.135. The summed E-state index contributed by atoms with van der Waals surface area (Å²) < 4.78 is 0. The van der Waals surface area contributed by atoms with Gasteiger partial charge in [0.2, 0.25) is 0 Å². The first kappa shape index (κ1) is 13.6. The topological polar surface area (TPSA) is 64.1 Å². The second kappa shape index (κ2) is 7.97. The van der Waals surface area contributed by atoms with Crippen molar-refractivity contribution < 1.29 is 0 Å². The zero-order valence-corrected chi connectivity index (χ0v) is 9.50. The Morgan fingerprint density at radius 2 is 2.07 bits per heavy atom. The Morgan fingerprint density at radius 1 is 1.43 bits per heavy atom. The Hall–Kier alpha value is -0.380. The third-order valence-corrected chi connectivity index (χ3v) is 2.56. The van der Waals surface area contributed by atoms with Gasteiger partial charge in [-0.1, -0.05) is 19.4 Å². The third kappa shape index (κ3) is 6.13. The quantitative estimate of drug-likeness (QED) is 0.313. The van der Waals surface area contributed by atoms with E-state index in [0.717, 1.165) is 25.8 Å². The van der Waals surface area contributed by atoms with Crippen molar-refractivity contribution in [1.82, 2.24) is 5.32 Å². The van der Waals surface area contributed by atoms with Crippen molar-refractivity contribution in [3.8, 4) is 0 Å². The summed E-state index contributed by atoms with van der Waals surface area (Å²) in [7, 11) is 0. The molecule has 0 aromatic heterocycles. The zero-order chi connectivity index (χ0) is 11.0. The van der Waals surface area contributed by atoms with Gasteiger partial charge in [-0.15, -0.1) is 6.58 Å². The highest BCUT2D eigenvalue weighted by Crippen LogP contribution is 2.14. The van der Waals surface area contributed by atoms with Crippen LogP contribution in [0.5, 0.6) is 0 Å². The second-order valence-electron chi connectivity index (χ2n) is 3.87. The lowest BCUT2D eigenvalue weighted by Gasteiger charge is -2.19. The highest BCUT2D eigenvalue weighted by molar-refractivity contribution is 4.87. The average molecular weight is 199 g/mol. The van der Waals surface area contributed by atoms with Gasteiger partial charge in [-0.3, -0.25) is 0 Å². The average Bonchev–Trinajstić information content (AvgIpc) is 2.16. The lowest BCUT2D eigenvalue weighted by atomic mass is 9.92. The molecule has 0 aromatic rings. The molecule has 3 unspecified atom stereocenters. The lowest BCUT2D eigenvalue weighted by molar-refractivity contribution is 0.402. The molecule has 0 spiro atoms. The first-order valence-corrected chi connectivity index (χ1v) is 5.48. The molecular formula is C11H25N3. The van der Waals surface area contributed by atoms with Crippen LogP contribution in [-0.4, -0.2) is 18.8 Å². The molecule has 0 aromatic carbocycles. The molecule has 0 fully saturated rings. The van der Waals surface area contributed by atoms with Crippen LogP contribution in [0.2, 0.25) is 0 Å². The molecule has 14 heavy (non-hydrogen) atoms. The van der Waals surface area contributed by atoms with Gasteiger partial charge in [0.25, 0.3) is 0 Å². The molecule has 0 amide bonds. The normalized spacial score (nSPS) is 17.4. The Bertz CT molecular complexity index is 145. The summed E-state index contributed by atoms with van der Waals surface area (Å²) in [5.41, 5.74) is 11.5. The fourth-order valence-corrected chi connectivity index (χ4v) is 1.56. The van der Waals surface area contributed by atoms with Crippen LogP contribution < -0.4 is 16.8 Å². The zero-order valence-electron chi connectivity index (χ0n) is 9.50. The maximum atomic E-state index is 5.91. The maximum absolute atomic E-state index is 5.91. The van der Waals surface area contributed by atoms with Gasteiger partial charge in [-0.05, 0) is 32.2 Å². The maximum Gasteiger partial charge on any atom is 0.0517 e. The minimum Gasteiger partial charge on any atom is -0.324 e. The van der Waals surface area contributed by atoms with Crippen LogP contribution in [0.25, 0.3) is 0 Å². The molecule has 5 N–H and O–H groups in total. The number of hydrogen-bond donors (Lipinski definition) is 3. The standard InChI is InChI=1S/C11H25N3/c1-4-10(11(13)5-2)7-6-8-14-9(3)12/h5,9-11,14H,2,4,6-8,12-13H2,1,3H3. The smallest absolute Gasteiger partial charge is 0.0517 e. The van der Waals surface area contributed by atoms with Crippen LogP contribution in [0.4, 0.5) is 0 Å². The molecular weight excluding hydrogens is 174 g/mol. The van der Waals surface area contributed by atoms with Crippen LogP contribution in [0.15, 0.2) is 12.7 Å². The summed E-state index contributed by atoms with van der Waals surface area (Å²) in [5.74, 6) is 0.558. The van der Waals surface area contributed by atoms with E-state index >= 15 is 0 Å². The molecule has 0 bridgehead atoms. The molecule has 3 nitrogen and oxygen atoms in total. The fraction of sp³-hybridized carbons (Fsp3) is 0.818. The molecule has 3 heteroatoms. The molecule has 0 heterocycles. The molecule has 0 saturated heterocycles. The van der Waals surface area contributed by atoms with Crippen molar-refractivity contribution in [3.63, 3.8) is 0 Å². The Balaban J connectivity index is 3.57. The van der Waals surface area contributed by atoms with Gasteiger partial charge < -0.3 is 16.8 Å². The minimum absolute atomic E-state index is 0.0863. The van der Waals surface area contributed by atoms with E-state index in [1.165, 1.54) is 0 Å². The van der Waals surface area contributed by atoms with E-state index in [2.05, 4.69) is 18.8 Å². The van der Waals surface area contributed by atoms with Gasteiger partial charge in [0, 0.05) is 6.04 Å². The monoisotopic (exact) mass is 199 g/mol. The van der Waals surface area contributed by atoms with Crippen LogP contribution in [0.1, 0.15) is 33.1 Å². The first-order chi connectivity index (χ1) is 6.61. The number of rotatable bonds is 8. The predicted molar refractivity (Wildman–Crippen MR) is 62.8 cm³/mol. The van der Waals surface area contributed by atoms with E-state index in [-0.39, 0.29) is 12.2 Å². The van der Waals surface area contributed by atoms with Crippen molar-refractivity contribution in [2.75, 3.05) is 6.54 Å². The molecule has 0 rings (SSSR count). The Kier molecular flexibility index (Phi) is 7.76. The summed E-state index contributed by atoms with van der Waals surface area (Å²) in [4.78, 5) is 0. The largest absolute Gasteiger partial charge is 0.324 e. The highest BCUT2D eigenvalue weighted by Gasteiger charge is 2.11. The SMILES string of the molecule is C=CC(N)C(CC)CCCNC(C)N. The minimum atomic E-state index is 0.0863. The summed E-state index contributed by atoms with van der Waals surface area (Å²) in [6.07, 6.45) is 5.31. The molecule has 0 radical (unpaired) electrons. The predicted octanol–water partition coefficient (Wildman–Crippen LogP) is 1.20. The van der Waals surface area contributed by atoms with Crippen molar-refractivity contribution in [2.45, 2.75) is 45.3 Å². The lowest BCUT2D eigenvalue weighted by Crippen LogP contribution is -2.35. The van der Waals surface area contributed by atoms with E-state index in [1.807, 2.05) is 13.0 Å². The van der Waals surface area contributed by atoms with Crippen molar-refractivity contribution in [3.05, 3.63) is 12.7 Å². The third-order valence-electron chi connectivity index (χ3n) is 2.56. The molecule has 3 atom stereocenters. The van der Waals surface area contributed by atoms with E-state index in [4.69, 9.17) is 11.5 Å². The first-order valence-electron chi connectivity index (χ1n) is 5.48.